The van der Waals surface area contributed by atoms with Gasteiger partial charge in [0.1, 0.15) is 0 Å². The minimum Gasteiger partial charge on any atom is -0.481 e. The topological polar surface area (TPSA) is 69.6 Å². The molecule has 0 radical (unpaired) electrons. The molecule has 2 fully saturated rings. The first kappa shape index (κ1) is 16.6. The second-order valence-corrected chi connectivity index (χ2v) is 7.16. The number of carbonyl (C=O) groups is 2. The van der Waals surface area contributed by atoms with E-state index < -0.39 is 5.97 Å². The molecule has 2 rings (SSSR count). The zero-order valence-corrected chi connectivity index (χ0v) is 13.4. The van der Waals surface area contributed by atoms with E-state index in [2.05, 4.69) is 10.2 Å². The summed E-state index contributed by atoms with van der Waals surface area (Å²) in [7, 11) is 0. The molecular formula is C15H26N2O3S. The molecule has 1 amide bonds. The first-order chi connectivity index (χ1) is 10.1. The smallest absolute Gasteiger partial charge is 0.304 e. The SMILES string of the molecule is O=C(O)CC1CSCCN1CCC(=O)NC1CCCCC1. The lowest BCUT2D eigenvalue weighted by molar-refractivity contribution is -0.138. The van der Waals surface area contributed by atoms with Gasteiger partial charge in [0.2, 0.25) is 5.91 Å². The van der Waals surface area contributed by atoms with Crippen molar-refractivity contribution in [1.82, 2.24) is 10.2 Å². The van der Waals surface area contributed by atoms with Crippen molar-refractivity contribution in [2.75, 3.05) is 24.6 Å². The van der Waals surface area contributed by atoms with Crippen LogP contribution in [0.4, 0.5) is 0 Å². The second kappa shape index (κ2) is 8.63. The van der Waals surface area contributed by atoms with E-state index in [-0.39, 0.29) is 18.4 Å². The summed E-state index contributed by atoms with van der Waals surface area (Å²) in [6.07, 6.45) is 6.59. The fourth-order valence-corrected chi connectivity index (χ4v) is 4.30. The molecule has 2 aliphatic rings. The van der Waals surface area contributed by atoms with Crippen molar-refractivity contribution in [3.05, 3.63) is 0 Å². The molecular weight excluding hydrogens is 288 g/mol. The van der Waals surface area contributed by atoms with E-state index in [1.165, 1.54) is 19.3 Å². The highest BCUT2D eigenvalue weighted by atomic mass is 32.2. The number of hydrogen-bond donors (Lipinski definition) is 2. The van der Waals surface area contributed by atoms with Crippen LogP contribution in [0.25, 0.3) is 0 Å². The maximum atomic E-state index is 12.0. The molecule has 1 atom stereocenters. The number of carbonyl (C=O) groups excluding carboxylic acids is 1. The van der Waals surface area contributed by atoms with Crippen LogP contribution in [0, 0.1) is 0 Å². The van der Waals surface area contributed by atoms with Crippen LogP contribution in [0.5, 0.6) is 0 Å². The summed E-state index contributed by atoms with van der Waals surface area (Å²) < 4.78 is 0. The van der Waals surface area contributed by atoms with E-state index in [9.17, 15) is 9.59 Å². The van der Waals surface area contributed by atoms with Gasteiger partial charge in [-0.1, -0.05) is 19.3 Å². The monoisotopic (exact) mass is 314 g/mol. The number of rotatable bonds is 6. The minimum absolute atomic E-state index is 0.0729. The lowest BCUT2D eigenvalue weighted by Gasteiger charge is -2.34. The molecule has 0 aromatic heterocycles. The van der Waals surface area contributed by atoms with Crippen molar-refractivity contribution in [2.24, 2.45) is 0 Å². The number of aliphatic carboxylic acids is 1. The van der Waals surface area contributed by atoms with Gasteiger partial charge in [-0.2, -0.15) is 11.8 Å². The van der Waals surface area contributed by atoms with Crippen LogP contribution in [-0.4, -0.2) is 58.6 Å². The summed E-state index contributed by atoms with van der Waals surface area (Å²) in [5, 5.41) is 12.1. The Morgan fingerprint density at radius 1 is 1.24 bits per heavy atom. The third-order valence-corrected chi connectivity index (χ3v) is 5.45. The van der Waals surface area contributed by atoms with Gasteiger partial charge in [0.25, 0.3) is 0 Å². The lowest BCUT2D eigenvalue weighted by atomic mass is 9.95. The van der Waals surface area contributed by atoms with Crippen LogP contribution in [0.15, 0.2) is 0 Å². The molecule has 120 valence electrons. The third kappa shape index (κ3) is 5.87. The van der Waals surface area contributed by atoms with Crippen molar-refractivity contribution in [3.8, 4) is 0 Å². The van der Waals surface area contributed by atoms with Crippen LogP contribution in [0.1, 0.15) is 44.9 Å². The minimum atomic E-state index is -0.751. The number of thioether (sulfide) groups is 1. The Labute approximate surface area is 130 Å². The summed E-state index contributed by atoms with van der Waals surface area (Å²) in [5.74, 6) is 1.25. The molecule has 1 saturated carbocycles. The highest BCUT2D eigenvalue weighted by Crippen LogP contribution is 2.20. The number of hydrogen-bond acceptors (Lipinski definition) is 4. The second-order valence-electron chi connectivity index (χ2n) is 6.02. The van der Waals surface area contributed by atoms with E-state index in [1.54, 1.807) is 11.8 Å². The predicted molar refractivity (Wildman–Crippen MR) is 84.6 cm³/mol. The van der Waals surface area contributed by atoms with E-state index >= 15 is 0 Å². The zero-order valence-electron chi connectivity index (χ0n) is 12.6. The van der Waals surface area contributed by atoms with Gasteiger partial charge in [-0.3, -0.25) is 14.5 Å². The van der Waals surface area contributed by atoms with Crippen LogP contribution in [0.3, 0.4) is 0 Å². The molecule has 0 aromatic carbocycles. The van der Waals surface area contributed by atoms with Crippen molar-refractivity contribution in [1.29, 1.82) is 0 Å². The number of nitrogens with one attached hydrogen (secondary N) is 1. The van der Waals surface area contributed by atoms with Crippen molar-refractivity contribution >= 4 is 23.6 Å². The van der Waals surface area contributed by atoms with Crippen molar-refractivity contribution in [3.63, 3.8) is 0 Å². The van der Waals surface area contributed by atoms with Crippen molar-refractivity contribution in [2.45, 2.75) is 57.0 Å². The maximum absolute atomic E-state index is 12.0. The highest BCUT2D eigenvalue weighted by molar-refractivity contribution is 7.99. The molecule has 5 nitrogen and oxygen atoms in total. The Balaban J connectivity index is 1.71. The van der Waals surface area contributed by atoms with E-state index in [1.807, 2.05) is 0 Å². The molecule has 0 aromatic rings. The average molecular weight is 314 g/mol. The molecule has 0 spiro atoms. The van der Waals surface area contributed by atoms with Gasteiger partial charge in [-0.05, 0) is 12.8 Å². The van der Waals surface area contributed by atoms with Crippen LogP contribution in [-0.2, 0) is 9.59 Å². The van der Waals surface area contributed by atoms with Gasteiger partial charge in [0.15, 0.2) is 0 Å². The van der Waals surface area contributed by atoms with E-state index in [4.69, 9.17) is 5.11 Å². The van der Waals surface area contributed by atoms with Gasteiger partial charge in [0, 0.05) is 43.1 Å². The normalized spacial score (nSPS) is 24.7. The maximum Gasteiger partial charge on any atom is 0.304 e. The molecule has 1 unspecified atom stereocenters. The summed E-state index contributed by atoms with van der Waals surface area (Å²) in [6.45, 7) is 1.57. The van der Waals surface area contributed by atoms with Crippen LogP contribution < -0.4 is 5.32 Å². The fraction of sp³-hybridized carbons (Fsp3) is 0.867. The highest BCUT2D eigenvalue weighted by Gasteiger charge is 2.25. The van der Waals surface area contributed by atoms with Gasteiger partial charge >= 0.3 is 5.97 Å². The van der Waals surface area contributed by atoms with Crippen molar-refractivity contribution < 1.29 is 14.7 Å². The Kier molecular flexibility index (Phi) is 6.83. The average Bonchev–Trinajstić information content (AvgIpc) is 2.47. The van der Waals surface area contributed by atoms with Crippen LogP contribution >= 0.6 is 11.8 Å². The molecule has 1 aliphatic heterocycles. The standard InChI is InChI=1S/C15H26N2O3S/c18-14(16-12-4-2-1-3-5-12)6-7-17-8-9-21-11-13(17)10-15(19)20/h12-13H,1-11H2,(H,16,18)(H,19,20). The molecule has 2 N–H and O–H groups in total. The summed E-state index contributed by atoms with van der Waals surface area (Å²) in [6, 6.07) is 0.432. The summed E-state index contributed by atoms with van der Waals surface area (Å²) in [4.78, 5) is 25.1. The quantitative estimate of drug-likeness (QED) is 0.781. The molecule has 21 heavy (non-hydrogen) atoms. The summed E-state index contributed by atoms with van der Waals surface area (Å²) in [5.41, 5.74) is 0. The van der Waals surface area contributed by atoms with Gasteiger partial charge in [-0.15, -0.1) is 0 Å². The molecule has 6 heteroatoms. The Morgan fingerprint density at radius 3 is 2.71 bits per heavy atom. The Morgan fingerprint density at radius 2 is 2.00 bits per heavy atom. The van der Waals surface area contributed by atoms with Crippen LogP contribution in [0.2, 0.25) is 0 Å². The fourth-order valence-electron chi connectivity index (χ4n) is 3.17. The van der Waals surface area contributed by atoms with Gasteiger partial charge in [-0.25, -0.2) is 0 Å². The van der Waals surface area contributed by atoms with E-state index in [0.29, 0.717) is 19.0 Å². The van der Waals surface area contributed by atoms with Gasteiger partial charge in [0.05, 0.1) is 6.42 Å². The molecule has 1 saturated heterocycles. The third-order valence-electron chi connectivity index (χ3n) is 4.36. The van der Waals surface area contributed by atoms with Gasteiger partial charge < -0.3 is 10.4 Å². The Bertz CT molecular complexity index is 359. The number of carboxylic acid groups (broad SMARTS) is 1. The molecule has 0 bridgehead atoms. The molecule has 1 heterocycles. The van der Waals surface area contributed by atoms with E-state index in [0.717, 1.165) is 30.9 Å². The number of nitrogens with zero attached hydrogens (tertiary/aromatic N) is 1. The Hall–Kier alpha value is -0.750. The lowest BCUT2D eigenvalue weighted by Crippen LogP contribution is -2.45. The number of amides is 1. The molecule has 1 aliphatic carbocycles. The number of carboxylic acids is 1. The summed E-state index contributed by atoms with van der Waals surface area (Å²) >= 11 is 1.81. The first-order valence-corrected chi connectivity index (χ1v) is 9.13. The predicted octanol–water partition coefficient (Wildman–Crippen LogP) is 1.72. The first-order valence-electron chi connectivity index (χ1n) is 7.98. The zero-order chi connectivity index (χ0) is 15.1. The largest absolute Gasteiger partial charge is 0.481 e.